The van der Waals surface area contributed by atoms with Crippen molar-refractivity contribution in [3.63, 3.8) is 0 Å². The highest BCUT2D eigenvalue weighted by Gasteiger charge is 2.43. The quantitative estimate of drug-likeness (QED) is 0.943. The lowest BCUT2D eigenvalue weighted by Gasteiger charge is -2.19. The summed E-state index contributed by atoms with van der Waals surface area (Å²) < 4.78 is 0. The summed E-state index contributed by atoms with van der Waals surface area (Å²) in [7, 11) is 0. The van der Waals surface area contributed by atoms with Gasteiger partial charge in [0.15, 0.2) is 0 Å². The smallest absolute Gasteiger partial charge is 0.237 e. The van der Waals surface area contributed by atoms with E-state index >= 15 is 0 Å². The molecule has 5 nitrogen and oxygen atoms in total. The topological polar surface area (TPSA) is 58.1 Å². The summed E-state index contributed by atoms with van der Waals surface area (Å²) >= 11 is 1.49. The highest BCUT2D eigenvalue weighted by atomic mass is 32.1. The molecular formula is C15H18N4OS. The van der Waals surface area contributed by atoms with E-state index in [-0.39, 0.29) is 5.91 Å². The van der Waals surface area contributed by atoms with Crippen LogP contribution in [0.15, 0.2) is 24.3 Å². The summed E-state index contributed by atoms with van der Waals surface area (Å²) in [5.41, 5.74) is 1.57. The fraction of sp³-hybridized carbons (Fsp3) is 0.400. The molecule has 3 rings (SSSR count). The van der Waals surface area contributed by atoms with E-state index in [0.29, 0.717) is 6.54 Å². The number of rotatable bonds is 4. The molecule has 2 aromatic rings. The number of benzene rings is 1. The molecule has 1 aromatic carbocycles. The van der Waals surface area contributed by atoms with Crippen LogP contribution >= 0.6 is 11.3 Å². The minimum absolute atomic E-state index is 0.115. The van der Waals surface area contributed by atoms with Gasteiger partial charge in [-0.3, -0.25) is 4.79 Å². The Kier molecular flexibility index (Phi) is 3.41. The molecular weight excluding hydrogens is 284 g/mol. The van der Waals surface area contributed by atoms with Gasteiger partial charge < -0.3 is 10.2 Å². The normalized spacial score (nSPS) is 16.1. The van der Waals surface area contributed by atoms with Crippen LogP contribution in [-0.4, -0.2) is 22.6 Å². The molecule has 6 heteroatoms. The third-order valence-electron chi connectivity index (χ3n) is 3.74. The fourth-order valence-corrected chi connectivity index (χ4v) is 3.43. The molecule has 110 valence electrons. The minimum atomic E-state index is -0.480. The van der Waals surface area contributed by atoms with Gasteiger partial charge in [-0.15, -0.1) is 10.2 Å². The largest absolute Gasteiger partial charge is 0.360 e. The van der Waals surface area contributed by atoms with Crippen LogP contribution < -0.4 is 10.2 Å². The first-order chi connectivity index (χ1) is 10.0. The van der Waals surface area contributed by atoms with Crippen molar-refractivity contribution in [1.82, 2.24) is 10.2 Å². The van der Waals surface area contributed by atoms with Crippen molar-refractivity contribution in [3.8, 4) is 0 Å². The number of hydrogen-bond acceptors (Lipinski definition) is 5. The van der Waals surface area contributed by atoms with Crippen LogP contribution in [0.2, 0.25) is 0 Å². The Morgan fingerprint density at radius 3 is 2.81 bits per heavy atom. The van der Waals surface area contributed by atoms with E-state index in [0.717, 1.165) is 27.9 Å². The predicted octanol–water partition coefficient (Wildman–Crippen LogP) is 2.79. The average molecular weight is 302 g/mol. The molecule has 0 spiro atoms. The van der Waals surface area contributed by atoms with Gasteiger partial charge in [0.05, 0.1) is 12.0 Å². The molecule has 2 heterocycles. The zero-order valence-corrected chi connectivity index (χ0v) is 13.2. The molecule has 0 atom stereocenters. The van der Waals surface area contributed by atoms with E-state index in [4.69, 9.17) is 0 Å². The van der Waals surface area contributed by atoms with Crippen molar-refractivity contribution >= 4 is 28.1 Å². The number of nitrogens with zero attached hydrogens (tertiary/aromatic N) is 3. The van der Waals surface area contributed by atoms with E-state index in [1.54, 1.807) is 0 Å². The van der Waals surface area contributed by atoms with Gasteiger partial charge in [0, 0.05) is 12.2 Å². The highest BCUT2D eigenvalue weighted by Crippen LogP contribution is 2.42. The van der Waals surface area contributed by atoms with E-state index < -0.39 is 5.41 Å². The molecule has 0 saturated carbocycles. The van der Waals surface area contributed by atoms with Crippen LogP contribution in [-0.2, 0) is 16.8 Å². The number of anilines is 2. The zero-order chi connectivity index (χ0) is 15.0. The van der Waals surface area contributed by atoms with Crippen LogP contribution in [0.5, 0.6) is 0 Å². The van der Waals surface area contributed by atoms with Gasteiger partial charge in [-0.05, 0) is 32.4 Å². The molecule has 0 saturated heterocycles. The van der Waals surface area contributed by atoms with Crippen LogP contribution in [0.3, 0.4) is 0 Å². The van der Waals surface area contributed by atoms with E-state index in [1.165, 1.54) is 11.3 Å². The molecule has 0 bridgehead atoms. The van der Waals surface area contributed by atoms with Gasteiger partial charge in [0.2, 0.25) is 11.0 Å². The molecule has 1 aromatic heterocycles. The molecule has 21 heavy (non-hydrogen) atoms. The van der Waals surface area contributed by atoms with Crippen molar-refractivity contribution in [2.45, 2.75) is 32.7 Å². The molecule has 1 amide bonds. The summed E-state index contributed by atoms with van der Waals surface area (Å²) in [5, 5.41) is 13.0. The Labute approximate surface area is 128 Å². The third kappa shape index (κ3) is 2.29. The van der Waals surface area contributed by atoms with Gasteiger partial charge in [0.1, 0.15) is 5.01 Å². The number of amides is 1. The summed E-state index contributed by atoms with van der Waals surface area (Å²) in [5.74, 6) is 0.115. The van der Waals surface area contributed by atoms with E-state index in [2.05, 4.69) is 15.5 Å². The lowest BCUT2D eigenvalue weighted by Crippen LogP contribution is -2.35. The van der Waals surface area contributed by atoms with Gasteiger partial charge in [0.25, 0.3) is 0 Å². The van der Waals surface area contributed by atoms with Gasteiger partial charge >= 0.3 is 0 Å². The Balaban J connectivity index is 1.90. The van der Waals surface area contributed by atoms with Crippen LogP contribution in [0.4, 0.5) is 10.8 Å². The highest BCUT2D eigenvalue weighted by molar-refractivity contribution is 7.15. The van der Waals surface area contributed by atoms with Crippen LogP contribution in [0.25, 0.3) is 0 Å². The number of carbonyl (C=O) groups is 1. The maximum absolute atomic E-state index is 12.7. The first-order valence-corrected chi connectivity index (χ1v) is 7.83. The standard InChI is InChI=1S/C15H18N4OS/c1-4-16-14-18-17-12(21-14)9-19-11-8-6-5-7-10(11)15(2,3)13(19)20/h5-8H,4,9H2,1-3H3,(H,16,18). The van der Waals surface area contributed by atoms with E-state index in [9.17, 15) is 4.79 Å². The van der Waals surface area contributed by atoms with Gasteiger partial charge in [-0.1, -0.05) is 29.5 Å². The number of para-hydroxylation sites is 1. The Bertz CT molecular complexity index is 680. The number of aromatic nitrogens is 2. The second kappa shape index (κ2) is 5.11. The van der Waals surface area contributed by atoms with Gasteiger partial charge in [-0.25, -0.2) is 0 Å². The molecule has 1 aliphatic rings. The summed E-state index contributed by atoms with van der Waals surface area (Å²) in [6.07, 6.45) is 0. The lowest BCUT2D eigenvalue weighted by atomic mass is 9.86. The number of carbonyl (C=O) groups excluding carboxylic acids is 1. The molecule has 1 N–H and O–H groups in total. The Hall–Kier alpha value is -1.95. The van der Waals surface area contributed by atoms with E-state index in [1.807, 2.05) is 49.9 Å². The van der Waals surface area contributed by atoms with Crippen molar-refractivity contribution in [3.05, 3.63) is 34.8 Å². The second-order valence-electron chi connectivity index (χ2n) is 5.56. The summed E-state index contributed by atoms with van der Waals surface area (Å²) in [6.45, 7) is 7.25. The third-order valence-corrected chi connectivity index (χ3v) is 4.60. The summed E-state index contributed by atoms with van der Waals surface area (Å²) in [6, 6.07) is 7.96. The van der Waals surface area contributed by atoms with Gasteiger partial charge in [-0.2, -0.15) is 0 Å². The maximum atomic E-state index is 12.7. The first kappa shape index (κ1) is 14.0. The molecule has 0 radical (unpaired) electrons. The number of hydrogen-bond donors (Lipinski definition) is 1. The predicted molar refractivity (Wildman–Crippen MR) is 84.7 cm³/mol. The molecule has 1 aliphatic heterocycles. The minimum Gasteiger partial charge on any atom is -0.360 e. The molecule has 0 fully saturated rings. The SMILES string of the molecule is CCNc1nnc(CN2C(=O)C(C)(C)c3ccccc32)s1. The van der Waals surface area contributed by atoms with Crippen molar-refractivity contribution in [2.24, 2.45) is 0 Å². The Morgan fingerprint density at radius 2 is 2.05 bits per heavy atom. The lowest BCUT2D eigenvalue weighted by molar-refractivity contribution is -0.122. The molecule has 0 aliphatic carbocycles. The van der Waals surface area contributed by atoms with Crippen molar-refractivity contribution in [1.29, 1.82) is 0 Å². The Morgan fingerprint density at radius 1 is 1.29 bits per heavy atom. The summed E-state index contributed by atoms with van der Waals surface area (Å²) in [4.78, 5) is 14.5. The van der Waals surface area contributed by atoms with Crippen molar-refractivity contribution < 1.29 is 4.79 Å². The monoisotopic (exact) mass is 302 g/mol. The van der Waals surface area contributed by atoms with Crippen LogP contribution in [0, 0.1) is 0 Å². The fourth-order valence-electron chi connectivity index (χ4n) is 2.63. The maximum Gasteiger partial charge on any atom is 0.237 e. The number of fused-ring (bicyclic) bond motifs is 1. The average Bonchev–Trinajstić information content (AvgIpc) is 2.98. The van der Waals surface area contributed by atoms with Crippen LogP contribution in [0.1, 0.15) is 31.3 Å². The van der Waals surface area contributed by atoms with Crippen molar-refractivity contribution in [2.75, 3.05) is 16.8 Å². The first-order valence-electron chi connectivity index (χ1n) is 7.01. The second-order valence-corrected chi connectivity index (χ2v) is 6.63. The molecule has 0 unspecified atom stereocenters. The zero-order valence-electron chi connectivity index (χ0n) is 12.4. The number of nitrogens with one attached hydrogen (secondary N) is 1.